The second kappa shape index (κ2) is 7.89. The molecule has 1 aromatic rings. The van der Waals surface area contributed by atoms with Crippen LogP contribution in [-0.2, 0) is 9.57 Å². The van der Waals surface area contributed by atoms with Crippen molar-refractivity contribution in [2.75, 3.05) is 0 Å². The van der Waals surface area contributed by atoms with Gasteiger partial charge in [0, 0.05) is 0 Å². The Morgan fingerprint density at radius 3 is 2.08 bits per heavy atom. The molecule has 0 spiro atoms. The summed E-state index contributed by atoms with van der Waals surface area (Å²) in [7, 11) is 0. The molecule has 1 rings (SSSR count). The minimum atomic E-state index is -4.46. The molecule has 0 fully saturated rings. The van der Waals surface area contributed by atoms with E-state index < -0.39 is 35.5 Å². The molecule has 0 aromatic heterocycles. The van der Waals surface area contributed by atoms with Gasteiger partial charge in [-0.3, -0.25) is 0 Å². The van der Waals surface area contributed by atoms with Crippen molar-refractivity contribution in [1.29, 1.82) is 0 Å². The minimum absolute atomic E-state index is 0.0502. The molecule has 0 amide bonds. The molecule has 0 aliphatic carbocycles. The van der Waals surface area contributed by atoms with E-state index in [0.717, 1.165) is 0 Å². The van der Waals surface area contributed by atoms with Gasteiger partial charge in [0.1, 0.15) is 5.60 Å². The standard InChI is InChI=1S/C15H18F3NO4S/c1-14(2,3)22-12(20)9-6-4-5-7-10(9)13(21)23-19-11(24)8-15(16,17)18/h4-7,11,19,24H,8H2,1-3H3. The van der Waals surface area contributed by atoms with Gasteiger partial charge < -0.3 is 9.57 Å². The van der Waals surface area contributed by atoms with Crippen LogP contribution in [0.15, 0.2) is 24.3 Å². The highest BCUT2D eigenvalue weighted by atomic mass is 32.1. The number of esters is 1. The molecule has 134 valence electrons. The van der Waals surface area contributed by atoms with Crippen LogP contribution in [0.2, 0.25) is 0 Å². The third kappa shape index (κ3) is 7.22. The molecule has 0 bridgehead atoms. The molecule has 0 saturated carbocycles. The Balaban J connectivity index is 2.80. The molecule has 0 aliphatic rings. The molecule has 0 heterocycles. The number of rotatable bonds is 5. The smallest absolute Gasteiger partial charge is 0.391 e. The Labute approximate surface area is 142 Å². The predicted octanol–water partition coefficient (Wildman–Crippen LogP) is 3.51. The van der Waals surface area contributed by atoms with E-state index in [1.54, 1.807) is 20.8 Å². The lowest BCUT2D eigenvalue weighted by atomic mass is 10.1. The Kier molecular flexibility index (Phi) is 6.67. The first kappa shape index (κ1) is 20.3. The quantitative estimate of drug-likeness (QED) is 0.362. The molecular weight excluding hydrogens is 347 g/mol. The normalized spacial score (nSPS) is 13.3. The number of alkyl halides is 3. The van der Waals surface area contributed by atoms with Gasteiger partial charge in [0.2, 0.25) is 0 Å². The molecule has 24 heavy (non-hydrogen) atoms. The highest BCUT2D eigenvalue weighted by Gasteiger charge is 2.31. The number of carbonyl (C=O) groups excluding carboxylic acids is 2. The van der Waals surface area contributed by atoms with Crippen molar-refractivity contribution in [2.24, 2.45) is 0 Å². The highest BCUT2D eigenvalue weighted by Crippen LogP contribution is 2.23. The molecular formula is C15H18F3NO4S. The number of hydrogen-bond donors (Lipinski definition) is 2. The van der Waals surface area contributed by atoms with E-state index in [-0.39, 0.29) is 11.1 Å². The average Bonchev–Trinajstić information content (AvgIpc) is 2.41. The van der Waals surface area contributed by atoms with Gasteiger partial charge in [-0.05, 0) is 32.9 Å². The summed E-state index contributed by atoms with van der Waals surface area (Å²) in [6.45, 7) is 4.99. The van der Waals surface area contributed by atoms with E-state index in [1.807, 2.05) is 5.48 Å². The molecule has 0 aliphatic heterocycles. The van der Waals surface area contributed by atoms with Crippen LogP contribution in [0.4, 0.5) is 13.2 Å². The van der Waals surface area contributed by atoms with Gasteiger partial charge in [0.15, 0.2) is 0 Å². The summed E-state index contributed by atoms with van der Waals surface area (Å²) in [5.74, 6) is -1.76. The summed E-state index contributed by atoms with van der Waals surface area (Å²) in [5.41, 5.74) is 0.943. The van der Waals surface area contributed by atoms with Gasteiger partial charge in [-0.15, -0.1) is 5.48 Å². The molecule has 0 saturated heterocycles. The summed E-state index contributed by atoms with van der Waals surface area (Å²) >= 11 is 3.63. The second-order valence-electron chi connectivity index (χ2n) is 5.89. The van der Waals surface area contributed by atoms with Crippen molar-refractivity contribution >= 4 is 24.6 Å². The van der Waals surface area contributed by atoms with Crippen LogP contribution in [-0.4, -0.2) is 29.1 Å². The summed E-state index contributed by atoms with van der Waals surface area (Å²) in [5, 5.41) is -1.43. The first-order valence-corrected chi connectivity index (χ1v) is 7.44. The second-order valence-corrected chi connectivity index (χ2v) is 6.51. The van der Waals surface area contributed by atoms with Crippen molar-refractivity contribution in [2.45, 2.75) is 44.3 Å². The number of carbonyl (C=O) groups is 2. The molecule has 1 unspecified atom stereocenters. The van der Waals surface area contributed by atoms with E-state index in [1.165, 1.54) is 24.3 Å². The minimum Gasteiger partial charge on any atom is -0.456 e. The fourth-order valence-electron chi connectivity index (χ4n) is 1.61. The lowest BCUT2D eigenvalue weighted by molar-refractivity contribution is -0.139. The van der Waals surface area contributed by atoms with Crippen molar-refractivity contribution in [1.82, 2.24) is 5.48 Å². The van der Waals surface area contributed by atoms with E-state index >= 15 is 0 Å². The molecule has 9 heteroatoms. The van der Waals surface area contributed by atoms with Gasteiger partial charge >= 0.3 is 18.1 Å². The number of nitrogens with one attached hydrogen (secondary N) is 1. The van der Waals surface area contributed by atoms with Crippen LogP contribution in [0.5, 0.6) is 0 Å². The van der Waals surface area contributed by atoms with Gasteiger partial charge in [0.25, 0.3) is 0 Å². The first-order chi connectivity index (χ1) is 10.9. The maximum absolute atomic E-state index is 12.2. The van der Waals surface area contributed by atoms with Crippen LogP contribution in [0.1, 0.15) is 47.9 Å². The molecule has 1 N–H and O–H groups in total. The largest absolute Gasteiger partial charge is 0.456 e. The average molecular weight is 365 g/mol. The van der Waals surface area contributed by atoms with Crippen LogP contribution in [0.3, 0.4) is 0 Å². The summed E-state index contributed by atoms with van der Waals surface area (Å²) in [6.07, 6.45) is -5.75. The molecule has 1 atom stereocenters. The fourth-order valence-corrected chi connectivity index (χ4v) is 1.87. The number of benzene rings is 1. The van der Waals surface area contributed by atoms with Crippen LogP contribution in [0.25, 0.3) is 0 Å². The van der Waals surface area contributed by atoms with E-state index in [4.69, 9.17) is 4.74 Å². The van der Waals surface area contributed by atoms with E-state index in [2.05, 4.69) is 17.5 Å². The third-order valence-electron chi connectivity index (χ3n) is 2.48. The number of hydroxylamine groups is 1. The van der Waals surface area contributed by atoms with Crippen molar-refractivity contribution in [3.8, 4) is 0 Å². The zero-order valence-corrected chi connectivity index (χ0v) is 14.2. The van der Waals surface area contributed by atoms with Gasteiger partial charge in [-0.25, -0.2) is 9.59 Å². The van der Waals surface area contributed by atoms with Crippen LogP contribution >= 0.6 is 12.6 Å². The predicted molar refractivity (Wildman–Crippen MR) is 83.6 cm³/mol. The molecule has 5 nitrogen and oxygen atoms in total. The van der Waals surface area contributed by atoms with Crippen LogP contribution < -0.4 is 5.48 Å². The maximum Gasteiger partial charge on any atom is 0.391 e. The van der Waals surface area contributed by atoms with E-state index in [9.17, 15) is 22.8 Å². The topological polar surface area (TPSA) is 64.6 Å². The first-order valence-electron chi connectivity index (χ1n) is 6.93. The van der Waals surface area contributed by atoms with Crippen molar-refractivity contribution in [3.63, 3.8) is 0 Å². The SMILES string of the molecule is CC(C)(C)OC(=O)c1ccccc1C(=O)ONC(S)CC(F)(F)F. The monoisotopic (exact) mass is 365 g/mol. The van der Waals surface area contributed by atoms with Crippen molar-refractivity contribution < 1.29 is 32.3 Å². The summed E-state index contributed by atoms with van der Waals surface area (Å²) in [4.78, 5) is 28.7. The lowest BCUT2D eigenvalue weighted by Gasteiger charge is -2.20. The van der Waals surface area contributed by atoms with Gasteiger partial charge in [0.05, 0.1) is 22.9 Å². The number of ether oxygens (including phenoxy) is 1. The zero-order chi connectivity index (χ0) is 18.5. The Bertz CT molecular complexity index is 599. The van der Waals surface area contributed by atoms with E-state index in [0.29, 0.717) is 0 Å². The van der Waals surface area contributed by atoms with Crippen LogP contribution in [0, 0.1) is 0 Å². The number of hydrogen-bond acceptors (Lipinski definition) is 6. The lowest BCUT2D eigenvalue weighted by Crippen LogP contribution is -2.32. The fraction of sp³-hybridized carbons (Fsp3) is 0.467. The van der Waals surface area contributed by atoms with Gasteiger partial charge in [-0.1, -0.05) is 12.1 Å². The third-order valence-corrected chi connectivity index (χ3v) is 2.77. The number of halogens is 3. The number of thiol groups is 1. The summed E-state index contributed by atoms with van der Waals surface area (Å²) in [6, 6.07) is 5.67. The van der Waals surface area contributed by atoms with Crippen molar-refractivity contribution in [3.05, 3.63) is 35.4 Å². The Morgan fingerprint density at radius 2 is 1.62 bits per heavy atom. The zero-order valence-electron chi connectivity index (χ0n) is 13.3. The van der Waals surface area contributed by atoms with Gasteiger partial charge in [-0.2, -0.15) is 25.8 Å². The molecule has 1 aromatic carbocycles. The molecule has 0 radical (unpaired) electrons. The Hall–Kier alpha value is -1.74. The summed E-state index contributed by atoms with van der Waals surface area (Å²) < 4.78 is 41.7. The Morgan fingerprint density at radius 1 is 1.12 bits per heavy atom. The highest BCUT2D eigenvalue weighted by molar-refractivity contribution is 7.80. The maximum atomic E-state index is 12.2.